The van der Waals surface area contributed by atoms with Gasteiger partial charge in [0.05, 0.1) is 49.2 Å². The van der Waals surface area contributed by atoms with Gasteiger partial charge in [0, 0.05) is 53.0 Å². The molecule has 0 radical (unpaired) electrons. The molecule has 1 fully saturated rings. The van der Waals surface area contributed by atoms with E-state index in [0.29, 0.717) is 31.9 Å². The maximum Gasteiger partial charge on any atom is 0.418 e. The monoisotopic (exact) mass is 589 g/mol. The third-order valence-electron chi connectivity index (χ3n) is 6.67. The quantitative estimate of drug-likeness (QED) is 0.362. The number of nitrogens with one attached hydrogen (secondary N) is 1. The minimum atomic E-state index is -0.904. The molecular formula is C27H32ClF2N8O3+. The molecule has 0 bridgehead atoms. The van der Waals surface area contributed by atoms with Crippen molar-refractivity contribution in [2.75, 3.05) is 71.6 Å². The Kier molecular flexibility index (Phi) is 8.31. The van der Waals surface area contributed by atoms with Crippen LogP contribution in [0.5, 0.6) is 0 Å². The van der Waals surface area contributed by atoms with Gasteiger partial charge in [-0.2, -0.15) is 9.37 Å². The maximum atomic E-state index is 14.7. The number of quaternary nitrogens is 1. The SMILES string of the molecule is CN(C)c1nc(F)c(-c2cnc(C(=O)Nc3ccc(C(=O)N4CCN(C(=O)[N+](C)(C)C)CC4)c(Cl)c3)n2C)cc1F. The second-order valence-electron chi connectivity index (χ2n) is 10.8. The van der Waals surface area contributed by atoms with Gasteiger partial charge in [-0.25, -0.2) is 18.7 Å². The summed E-state index contributed by atoms with van der Waals surface area (Å²) in [6.07, 6.45) is 1.26. The maximum absolute atomic E-state index is 14.7. The predicted octanol–water partition coefficient (Wildman–Crippen LogP) is 3.32. The number of halogens is 3. The van der Waals surface area contributed by atoms with Crippen LogP contribution in [0.25, 0.3) is 11.3 Å². The number of aromatic nitrogens is 3. The van der Waals surface area contributed by atoms with Gasteiger partial charge < -0.3 is 19.7 Å². The third kappa shape index (κ3) is 6.15. The molecule has 0 spiro atoms. The average Bonchev–Trinajstić information content (AvgIpc) is 3.29. The lowest BCUT2D eigenvalue weighted by atomic mass is 10.1. The number of hydrogen-bond donors (Lipinski definition) is 1. The summed E-state index contributed by atoms with van der Waals surface area (Å²) in [4.78, 5) is 51.1. The number of hydrogen-bond acceptors (Lipinski definition) is 6. The molecule has 1 saturated heterocycles. The van der Waals surface area contributed by atoms with Crippen LogP contribution in [-0.4, -0.2) is 108 Å². The Morgan fingerprint density at radius 2 is 1.66 bits per heavy atom. The molecule has 11 nitrogen and oxygen atoms in total. The largest absolute Gasteiger partial charge is 0.418 e. The molecule has 0 atom stereocenters. The van der Waals surface area contributed by atoms with Crippen molar-refractivity contribution in [1.82, 2.24) is 24.3 Å². The standard InChI is InChI=1S/C27H31ClF2N8O3/c1-34(2)23-20(29)14-18(22(30)33-23)21-15-31-24(35(21)3)25(39)32-16-7-8-17(19(28)13-16)26(40)36-9-11-37(12-10-36)27(41)38(4,5)6/h7-8,13-15H,9-12H2,1-6H3/p+1. The van der Waals surface area contributed by atoms with Crippen LogP contribution >= 0.6 is 11.6 Å². The van der Waals surface area contributed by atoms with Gasteiger partial charge in [-0.3, -0.25) is 14.5 Å². The number of nitrogens with zero attached hydrogens (tertiary/aromatic N) is 7. The smallest absolute Gasteiger partial charge is 0.360 e. The third-order valence-corrected chi connectivity index (χ3v) is 6.98. The Hall–Kier alpha value is -4.10. The highest BCUT2D eigenvalue weighted by atomic mass is 35.5. The summed E-state index contributed by atoms with van der Waals surface area (Å²) in [6, 6.07) is 5.49. The molecule has 218 valence electrons. The van der Waals surface area contributed by atoms with Crippen LogP contribution in [-0.2, 0) is 7.05 Å². The van der Waals surface area contributed by atoms with Crippen molar-refractivity contribution < 1.29 is 27.6 Å². The van der Waals surface area contributed by atoms with Crippen LogP contribution in [0.2, 0.25) is 5.02 Å². The van der Waals surface area contributed by atoms with Crippen molar-refractivity contribution in [3.8, 4) is 11.3 Å². The number of anilines is 2. The molecule has 1 aliphatic heterocycles. The number of urea groups is 1. The molecule has 4 rings (SSSR count). The number of rotatable bonds is 5. The molecular weight excluding hydrogens is 558 g/mol. The molecule has 2 aromatic heterocycles. The predicted molar refractivity (Wildman–Crippen MR) is 151 cm³/mol. The molecule has 41 heavy (non-hydrogen) atoms. The summed E-state index contributed by atoms with van der Waals surface area (Å²) in [7, 11) is 9.99. The summed E-state index contributed by atoms with van der Waals surface area (Å²) in [5, 5.41) is 2.81. The number of carbonyl (C=O) groups is 3. The first-order valence-corrected chi connectivity index (χ1v) is 13.1. The van der Waals surface area contributed by atoms with Gasteiger partial charge in [0.25, 0.3) is 11.8 Å². The molecule has 0 saturated carbocycles. The van der Waals surface area contributed by atoms with Crippen molar-refractivity contribution >= 4 is 41.0 Å². The highest BCUT2D eigenvalue weighted by Gasteiger charge is 2.32. The fourth-order valence-corrected chi connectivity index (χ4v) is 4.73. The number of piperazine rings is 1. The number of carbonyl (C=O) groups excluding carboxylic acids is 3. The van der Waals surface area contributed by atoms with Gasteiger partial charge >= 0.3 is 6.03 Å². The minimum Gasteiger partial charge on any atom is -0.360 e. The van der Waals surface area contributed by atoms with Crippen LogP contribution < -0.4 is 10.2 Å². The van der Waals surface area contributed by atoms with E-state index in [2.05, 4.69) is 15.3 Å². The number of benzene rings is 1. The molecule has 0 aliphatic carbocycles. The van der Waals surface area contributed by atoms with Crippen LogP contribution in [0.15, 0.2) is 30.5 Å². The van der Waals surface area contributed by atoms with Gasteiger partial charge in [-0.1, -0.05) is 11.6 Å². The fourth-order valence-electron chi connectivity index (χ4n) is 4.47. The molecule has 3 aromatic rings. The van der Waals surface area contributed by atoms with Gasteiger partial charge in [-0.05, 0) is 24.3 Å². The van der Waals surface area contributed by atoms with Gasteiger partial charge in [0.15, 0.2) is 17.5 Å². The first kappa shape index (κ1) is 29.9. The van der Waals surface area contributed by atoms with E-state index in [0.717, 1.165) is 6.07 Å². The summed E-state index contributed by atoms with van der Waals surface area (Å²) in [5.41, 5.74) is 0.595. The van der Waals surface area contributed by atoms with E-state index < -0.39 is 17.7 Å². The Labute approximate surface area is 241 Å². The van der Waals surface area contributed by atoms with Crippen molar-refractivity contribution in [2.45, 2.75) is 0 Å². The molecule has 3 heterocycles. The first-order chi connectivity index (χ1) is 19.2. The molecule has 0 unspecified atom stereocenters. The Bertz CT molecular complexity index is 1510. The van der Waals surface area contributed by atoms with E-state index in [1.165, 1.54) is 40.9 Å². The second kappa shape index (κ2) is 11.4. The summed E-state index contributed by atoms with van der Waals surface area (Å²) >= 11 is 6.42. The Morgan fingerprint density at radius 1 is 1.02 bits per heavy atom. The zero-order chi connectivity index (χ0) is 30.2. The summed E-state index contributed by atoms with van der Waals surface area (Å²) in [5.74, 6) is -2.73. The van der Waals surface area contributed by atoms with Crippen molar-refractivity contribution in [3.05, 3.63) is 58.6 Å². The lowest BCUT2D eigenvalue weighted by Crippen LogP contribution is -2.57. The molecule has 1 N–H and O–H groups in total. The van der Waals surface area contributed by atoms with Gasteiger partial charge in [0.1, 0.15) is 0 Å². The van der Waals surface area contributed by atoms with E-state index in [-0.39, 0.29) is 49.9 Å². The van der Waals surface area contributed by atoms with E-state index in [9.17, 15) is 23.2 Å². The Morgan fingerprint density at radius 3 is 2.24 bits per heavy atom. The lowest BCUT2D eigenvalue weighted by molar-refractivity contribution is -0.790. The number of imidazole rings is 1. The van der Waals surface area contributed by atoms with Crippen molar-refractivity contribution in [1.29, 1.82) is 0 Å². The van der Waals surface area contributed by atoms with Crippen molar-refractivity contribution in [2.24, 2.45) is 7.05 Å². The summed E-state index contributed by atoms with van der Waals surface area (Å²) in [6.45, 7) is 1.59. The fraction of sp³-hybridized carbons (Fsp3) is 0.370. The zero-order valence-corrected chi connectivity index (χ0v) is 24.5. The normalized spacial score (nSPS) is 13.8. The molecule has 4 amide bonds. The van der Waals surface area contributed by atoms with Gasteiger partial charge in [-0.15, -0.1) is 0 Å². The summed E-state index contributed by atoms with van der Waals surface area (Å²) < 4.78 is 30.6. The van der Waals surface area contributed by atoms with Crippen LogP contribution in [0.1, 0.15) is 21.0 Å². The van der Waals surface area contributed by atoms with Crippen molar-refractivity contribution in [3.63, 3.8) is 0 Å². The highest BCUT2D eigenvalue weighted by molar-refractivity contribution is 6.34. The number of amides is 4. The lowest BCUT2D eigenvalue weighted by Gasteiger charge is -2.36. The van der Waals surface area contributed by atoms with E-state index in [4.69, 9.17) is 11.6 Å². The average molecular weight is 590 g/mol. The Balaban J connectivity index is 1.45. The topological polar surface area (TPSA) is 104 Å². The highest BCUT2D eigenvalue weighted by Crippen LogP contribution is 2.28. The van der Waals surface area contributed by atoms with Gasteiger partial charge in [0.2, 0.25) is 5.95 Å². The molecule has 1 aromatic carbocycles. The molecule has 14 heteroatoms. The first-order valence-electron chi connectivity index (χ1n) is 12.8. The van der Waals surface area contributed by atoms with E-state index in [1.807, 2.05) is 0 Å². The minimum absolute atomic E-state index is 0.0220. The van der Waals surface area contributed by atoms with Crippen LogP contribution in [0.3, 0.4) is 0 Å². The second-order valence-corrected chi connectivity index (χ2v) is 11.2. The van der Waals surface area contributed by atoms with Crippen LogP contribution in [0.4, 0.5) is 25.1 Å². The number of pyridine rings is 1. The zero-order valence-electron chi connectivity index (χ0n) is 23.7. The van der Waals surface area contributed by atoms with Crippen LogP contribution in [0, 0.1) is 11.8 Å². The van der Waals surface area contributed by atoms with E-state index in [1.54, 1.807) is 45.0 Å². The molecule has 1 aliphatic rings. The van der Waals surface area contributed by atoms with E-state index >= 15 is 0 Å².